The summed E-state index contributed by atoms with van der Waals surface area (Å²) in [5, 5.41) is 10.2. The first-order valence-corrected chi connectivity index (χ1v) is 12.9. The fourth-order valence-corrected chi connectivity index (χ4v) is 5.83. The molecule has 2 amide bonds. The molecule has 1 aliphatic carbocycles. The Kier molecular flexibility index (Phi) is 5.60. The summed E-state index contributed by atoms with van der Waals surface area (Å²) in [5.74, 6) is -0.491. The second kappa shape index (κ2) is 8.82. The molecule has 2 fully saturated rings. The van der Waals surface area contributed by atoms with E-state index in [-0.39, 0.29) is 14.7 Å². The maximum Gasteiger partial charge on any atom is 0.260 e. The van der Waals surface area contributed by atoms with Gasteiger partial charge in [-0.1, -0.05) is 0 Å². The highest BCUT2D eigenvalue weighted by Crippen LogP contribution is 2.52. The predicted octanol–water partition coefficient (Wildman–Crippen LogP) is 3.46. The summed E-state index contributed by atoms with van der Waals surface area (Å²) in [6.07, 6.45) is 12.6. The molecule has 2 N–H and O–H groups in total. The second-order valence-electron chi connectivity index (χ2n) is 9.92. The van der Waals surface area contributed by atoms with Gasteiger partial charge in [-0.3, -0.25) is 14.6 Å². The number of rotatable bonds is 7. The number of imidazole rings is 1. The van der Waals surface area contributed by atoms with Crippen LogP contribution < -0.4 is 10.6 Å². The summed E-state index contributed by atoms with van der Waals surface area (Å²) >= 11 is 1.45. The number of nitrogens with zero attached hydrogens (tertiary/aromatic N) is 6. The van der Waals surface area contributed by atoms with E-state index >= 15 is 0 Å². The largest absolute Gasteiger partial charge is 0.351 e. The van der Waals surface area contributed by atoms with Crippen LogP contribution >= 0.6 is 11.3 Å². The summed E-state index contributed by atoms with van der Waals surface area (Å²) in [6, 6.07) is 1.68. The van der Waals surface area contributed by atoms with Gasteiger partial charge in [0.2, 0.25) is 0 Å². The van der Waals surface area contributed by atoms with Crippen LogP contribution in [-0.2, 0) is 7.05 Å². The van der Waals surface area contributed by atoms with Gasteiger partial charge in [0.15, 0.2) is 0 Å². The van der Waals surface area contributed by atoms with Crippen molar-refractivity contribution in [2.45, 2.75) is 26.2 Å². The number of thiazole rings is 1. The van der Waals surface area contributed by atoms with Gasteiger partial charge in [-0.2, -0.15) is 5.10 Å². The molecular weight excluding hydrogens is 476 g/mol. The van der Waals surface area contributed by atoms with E-state index in [1.165, 1.54) is 30.6 Å². The number of pyridine rings is 1. The van der Waals surface area contributed by atoms with Gasteiger partial charge in [0, 0.05) is 48.1 Å². The van der Waals surface area contributed by atoms with Gasteiger partial charge >= 0.3 is 0 Å². The van der Waals surface area contributed by atoms with E-state index in [1.807, 2.05) is 24.0 Å². The van der Waals surface area contributed by atoms with Gasteiger partial charge in [-0.15, -0.1) is 11.3 Å². The fourth-order valence-electron chi connectivity index (χ4n) is 4.81. The molecule has 6 rings (SSSR count). The van der Waals surface area contributed by atoms with Crippen LogP contribution in [0, 0.1) is 12.3 Å². The van der Waals surface area contributed by atoms with Crippen molar-refractivity contribution in [1.29, 1.82) is 0 Å². The Labute approximate surface area is 215 Å². The van der Waals surface area contributed by atoms with Gasteiger partial charge in [-0.05, 0) is 44.2 Å². The molecule has 1 aliphatic heterocycles. The molecule has 0 atom stereocenters. The molecule has 1 saturated heterocycles. The summed E-state index contributed by atoms with van der Waals surface area (Å²) in [5.41, 5.74) is 3.43. The van der Waals surface area contributed by atoms with E-state index in [0.717, 1.165) is 35.0 Å². The Morgan fingerprint density at radius 2 is 2.03 bits per heavy atom. The van der Waals surface area contributed by atoms with Crippen molar-refractivity contribution >= 4 is 33.7 Å². The minimum atomic E-state index is -0.301. The standard InChI is InChI=1S/C25H28N8O2S.2H2/c1-16-19(9-17(10-27-16)22(34)26-6-8-32-7-5-25(14-32)3-4-25)30-23(35)18-11-29-33-13-21(36-24(18)33)20-12-31(2)15-28-20;;/h9-13,15H,3-8,14H2,1-2H3,(H,26,34)(H,30,35);2*1H. The molecule has 0 radical (unpaired) electrons. The summed E-state index contributed by atoms with van der Waals surface area (Å²) in [6.45, 7) is 5.52. The number of hydrogen-bond donors (Lipinski definition) is 2. The first-order chi connectivity index (χ1) is 17.4. The third kappa shape index (κ3) is 4.40. The number of anilines is 1. The van der Waals surface area contributed by atoms with Crippen LogP contribution in [-0.4, -0.2) is 67.0 Å². The average Bonchev–Trinajstić information content (AvgIpc) is 3.25. The maximum atomic E-state index is 13.1. The van der Waals surface area contributed by atoms with Crippen LogP contribution in [0.1, 0.15) is 48.5 Å². The predicted molar refractivity (Wildman–Crippen MR) is 141 cm³/mol. The van der Waals surface area contributed by atoms with Crippen LogP contribution in [0.2, 0.25) is 0 Å². The minimum absolute atomic E-state index is 0. The zero-order valence-corrected chi connectivity index (χ0v) is 21.1. The van der Waals surface area contributed by atoms with Crippen molar-refractivity contribution in [3.8, 4) is 10.6 Å². The zero-order chi connectivity index (χ0) is 24.9. The van der Waals surface area contributed by atoms with Gasteiger partial charge in [0.25, 0.3) is 11.8 Å². The Bertz CT molecular complexity index is 1480. The first-order valence-electron chi connectivity index (χ1n) is 12.1. The van der Waals surface area contributed by atoms with Crippen molar-refractivity contribution in [2.75, 3.05) is 31.5 Å². The van der Waals surface area contributed by atoms with Crippen LogP contribution in [0.25, 0.3) is 15.4 Å². The maximum absolute atomic E-state index is 13.1. The third-order valence-corrected chi connectivity index (χ3v) is 8.32. The van der Waals surface area contributed by atoms with E-state index in [2.05, 4.69) is 30.6 Å². The molecule has 0 aromatic carbocycles. The lowest BCUT2D eigenvalue weighted by Gasteiger charge is -2.16. The minimum Gasteiger partial charge on any atom is -0.351 e. The fraction of sp³-hybridized carbons (Fsp3) is 0.400. The van der Waals surface area contributed by atoms with Crippen LogP contribution in [0.3, 0.4) is 0 Å². The monoisotopic (exact) mass is 508 g/mol. The van der Waals surface area contributed by atoms with Gasteiger partial charge in [0.1, 0.15) is 4.83 Å². The van der Waals surface area contributed by atoms with Crippen molar-refractivity contribution in [3.63, 3.8) is 0 Å². The van der Waals surface area contributed by atoms with Crippen LogP contribution in [0.15, 0.2) is 37.2 Å². The number of nitrogens with one attached hydrogen (secondary N) is 2. The van der Waals surface area contributed by atoms with E-state index < -0.39 is 0 Å². The normalized spacial score (nSPS) is 16.6. The highest BCUT2D eigenvalue weighted by Gasteiger charge is 2.47. The van der Waals surface area contributed by atoms with E-state index in [4.69, 9.17) is 0 Å². The molecule has 11 heteroatoms. The van der Waals surface area contributed by atoms with Crippen molar-refractivity contribution in [3.05, 3.63) is 54.0 Å². The molecule has 0 bridgehead atoms. The quantitative estimate of drug-likeness (QED) is 0.396. The SMILES string of the molecule is Cc1ncc(C(=O)NCCN2CCC3(CC3)C2)cc1NC(=O)c1cnn2cc(-c3cn(C)cn3)sc12.[HH].[HH]. The summed E-state index contributed by atoms with van der Waals surface area (Å²) in [7, 11) is 1.91. The topological polar surface area (TPSA) is 109 Å². The number of hydrogen-bond acceptors (Lipinski definition) is 7. The second-order valence-corrected chi connectivity index (χ2v) is 11.0. The van der Waals surface area contributed by atoms with Crippen molar-refractivity contribution < 1.29 is 12.4 Å². The van der Waals surface area contributed by atoms with Crippen LogP contribution in [0.4, 0.5) is 5.69 Å². The van der Waals surface area contributed by atoms with Crippen molar-refractivity contribution in [2.24, 2.45) is 12.5 Å². The lowest BCUT2D eigenvalue weighted by Crippen LogP contribution is -2.34. The summed E-state index contributed by atoms with van der Waals surface area (Å²) < 4.78 is 3.56. The molecule has 4 aromatic rings. The molecule has 2 aliphatic rings. The Morgan fingerprint density at radius 3 is 2.78 bits per heavy atom. The van der Waals surface area contributed by atoms with Gasteiger partial charge < -0.3 is 20.1 Å². The van der Waals surface area contributed by atoms with Gasteiger partial charge in [0.05, 0.1) is 45.6 Å². The van der Waals surface area contributed by atoms with Crippen LogP contribution in [0.5, 0.6) is 0 Å². The summed E-state index contributed by atoms with van der Waals surface area (Å²) in [4.78, 5) is 38.7. The van der Waals surface area contributed by atoms with Crippen molar-refractivity contribution in [1.82, 2.24) is 34.4 Å². The highest BCUT2D eigenvalue weighted by atomic mass is 32.1. The number of likely N-dealkylation sites (tertiary alicyclic amines) is 1. The molecule has 36 heavy (non-hydrogen) atoms. The molecule has 0 unspecified atom stereocenters. The number of carbonyl (C=O) groups is 2. The van der Waals surface area contributed by atoms with Gasteiger partial charge in [-0.25, -0.2) is 9.50 Å². The molecule has 1 spiro atoms. The highest BCUT2D eigenvalue weighted by molar-refractivity contribution is 7.21. The molecule has 4 aromatic heterocycles. The third-order valence-electron chi connectivity index (χ3n) is 7.18. The zero-order valence-electron chi connectivity index (χ0n) is 20.3. The van der Waals surface area contributed by atoms with E-state index in [9.17, 15) is 9.59 Å². The lowest BCUT2D eigenvalue weighted by molar-refractivity contribution is 0.0947. The number of amides is 2. The smallest absolute Gasteiger partial charge is 0.260 e. The molecule has 10 nitrogen and oxygen atoms in total. The molecule has 1 saturated carbocycles. The Hall–Kier alpha value is -3.57. The Morgan fingerprint density at radius 1 is 1.17 bits per heavy atom. The molecular formula is C25H32N8O2S. The lowest BCUT2D eigenvalue weighted by atomic mass is 10.1. The first kappa shape index (κ1) is 22.9. The molecule has 190 valence electrons. The Balaban J connectivity index is 0.00000168. The van der Waals surface area contributed by atoms with E-state index in [0.29, 0.717) is 34.5 Å². The number of aromatic nitrogens is 5. The number of fused-ring (bicyclic) bond motifs is 1. The average molecular weight is 509 g/mol. The molecule has 5 heterocycles. The number of carbonyl (C=O) groups excluding carboxylic acids is 2. The number of aryl methyl sites for hydroxylation is 2. The van der Waals surface area contributed by atoms with E-state index in [1.54, 1.807) is 36.2 Å².